The van der Waals surface area contributed by atoms with Crippen LogP contribution in [0, 0.1) is 17.1 Å². The van der Waals surface area contributed by atoms with E-state index in [2.05, 4.69) is 27.3 Å². The molecule has 39 heavy (non-hydrogen) atoms. The van der Waals surface area contributed by atoms with E-state index in [1.54, 1.807) is 30.3 Å². The lowest BCUT2D eigenvalue weighted by Crippen LogP contribution is -2.36. The lowest BCUT2D eigenvalue weighted by Gasteiger charge is -2.15. The maximum absolute atomic E-state index is 13.1. The lowest BCUT2D eigenvalue weighted by atomic mass is 10.1. The van der Waals surface area contributed by atoms with Gasteiger partial charge in [0.1, 0.15) is 19.0 Å². The van der Waals surface area contributed by atoms with Gasteiger partial charge in [0.2, 0.25) is 5.91 Å². The number of imide groups is 1. The average Bonchev–Trinajstić information content (AvgIpc) is 3.17. The summed E-state index contributed by atoms with van der Waals surface area (Å²) in [5.41, 5.74) is 2.13. The Bertz CT molecular complexity index is 1500. The smallest absolute Gasteiger partial charge is 0.294 e. The Kier molecular flexibility index (Phi) is 9.01. The second kappa shape index (κ2) is 12.6. The van der Waals surface area contributed by atoms with Crippen LogP contribution in [0.25, 0.3) is 6.08 Å². The Labute approximate surface area is 236 Å². The first-order chi connectivity index (χ1) is 18.8. The number of halogens is 2. The number of nitriles is 1. The normalized spacial score (nSPS) is 13.9. The maximum atomic E-state index is 13.1. The molecule has 1 aliphatic heterocycles. The molecule has 0 aliphatic carbocycles. The summed E-state index contributed by atoms with van der Waals surface area (Å²) in [5.74, 6) is -0.822. The van der Waals surface area contributed by atoms with E-state index in [4.69, 9.17) is 9.47 Å². The first-order valence-electron chi connectivity index (χ1n) is 11.7. The molecule has 8 nitrogen and oxygen atoms in total. The zero-order valence-corrected chi connectivity index (χ0v) is 23.0. The van der Waals surface area contributed by atoms with E-state index in [1.807, 2.05) is 13.0 Å². The van der Waals surface area contributed by atoms with Crippen molar-refractivity contribution in [3.8, 4) is 17.6 Å². The van der Waals surface area contributed by atoms with Crippen LogP contribution >= 0.6 is 27.7 Å². The van der Waals surface area contributed by atoms with Gasteiger partial charge in [-0.15, -0.1) is 0 Å². The minimum atomic E-state index is -0.609. The van der Waals surface area contributed by atoms with Gasteiger partial charge in [0, 0.05) is 11.3 Å². The standard InChI is InChI=1S/C28H21BrFN3O5S/c1-2-37-23-12-17(11-22(29)26(23)38-16-19-6-4-3-5-18(19)14-31)13-24-27(35)33(28(36)39-24)15-25(34)32-21-9-7-20(30)8-10-21/h3-13H,2,15-16H2,1H3,(H,32,34)/b24-13-. The molecular formula is C28H21BrFN3O5S. The van der Waals surface area contributed by atoms with Gasteiger partial charge in [0.15, 0.2) is 11.5 Å². The predicted molar refractivity (Wildman–Crippen MR) is 149 cm³/mol. The summed E-state index contributed by atoms with van der Waals surface area (Å²) in [4.78, 5) is 38.8. The number of carbonyl (C=O) groups excluding carboxylic acids is 3. The van der Waals surface area contributed by atoms with Crippen molar-refractivity contribution < 1.29 is 28.2 Å². The number of carbonyl (C=O) groups is 3. The number of hydrogen-bond donors (Lipinski definition) is 1. The molecule has 11 heteroatoms. The monoisotopic (exact) mass is 609 g/mol. The third kappa shape index (κ3) is 6.85. The van der Waals surface area contributed by atoms with Crippen molar-refractivity contribution >= 4 is 56.5 Å². The predicted octanol–water partition coefficient (Wildman–Crippen LogP) is 6.11. The summed E-state index contributed by atoms with van der Waals surface area (Å²) in [6.07, 6.45) is 1.53. The number of nitrogens with one attached hydrogen (secondary N) is 1. The van der Waals surface area contributed by atoms with Gasteiger partial charge in [-0.05, 0) is 88.7 Å². The third-order valence-corrected chi connectivity index (χ3v) is 6.94. The van der Waals surface area contributed by atoms with Crippen molar-refractivity contribution in [2.75, 3.05) is 18.5 Å². The number of thioether (sulfide) groups is 1. The van der Waals surface area contributed by atoms with Crippen molar-refractivity contribution in [3.05, 3.63) is 92.5 Å². The van der Waals surface area contributed by atoms with E-state index >= 15 is 0 Å². The first kappa shape index (κ1) is 27.9. The second-order valence-electron chi connectivity index (χ2n) is 8.14. The summed E-state index contributed by atoms with van der Waals surface area (Å²) in [6.45, 7) is 1.82. The van der Waals surface area contributed by atoms with Gasteiger partial charge in [0.25, 0.3) is 11.1 Å². The van der Waals surface area contributed by atoms with Crippen LogP contribution in [0.4, 0.5) is 14.9 Å². The lowest BCUT2D eigenvalue weighted by molar-refractivity contribution is -0.127. The molecule has 3 aromatic rings. The zero-order valence-electron chi connectivity index (χ0n) is 20.6. The molecule has 1 fully saturated rings. The number of amides is 3. The van der Waals surface area contributed by atoms with Crippen LogP contribution in [0.3, 0.4) is 0 Å². The molecule has 1 saturated heterocycles. The summed E-state index contributed by atoms with van der Waals surface area (Å²) in [7, 11) is 0. The second-order valence-corrected chi connectivity index (χ2v) is 9.99. The van der Waals surface area contributed by atoms with E-state index in [9.17, 15) is 24.0 Å². The maximum Gasteiger partial charge on any atom is 0.294 e. The Balaban J connectivity index is 1.50. The Morgan fingerprint density at radius 2 is 1.90 bits per heavy atom. The molecule has 0 unspecified atom stereocenters. The van der Waals surface area contributed by atoms with E-state index in [-0.39, 0.29) is 11.5 Å². The number of hydrogen-bond acceptors (Lipinski definition) is 7. The highest BCUT2D eigenvalue weighted by atomic mass is 79.9. The van der Waals surface area contributed by atoms with Crippen LogP contribution in [0.5, 0.6) is 11.5 Å². The van der Waals surface area contributed by atoms with Gasteiger partial charge >= 0.3 is 0 Å². The molecule has 0 spiro atoms. The Hall–Kier alpha value is -4.14. The molecule has 1 aliphatic rings. The minimum Gasteiger partial charge on any atom is -0.490 e. The molecular weight excluding hydrogens is 589 g/mol. The minimum absolute atomic E-state index is 0.139. The first-order valence-corrected chi connectivity index (χ1v) is 13.3. The topological polar surface area (TPSA) is 109 Å². The van der Waals surface area contributed by atoms with Gasteiger partial charge in [-0.3, -0.25) is 19.3 Å². The fourth-order valence-electron chi connectivity index (χ4n) is 3.64. The van der Waals surface area contributed by atoms with Crippen molar-refractivity contribution in [1.82, 2.24) is 4.90 Å². The molecule has 1 heterocycles. The number of ether oxygens (including phenoxy) is 2. The van der Waals surface area contributed by atoms with E-state index in [0.717, 1.165) is 22.2 Å². The molecule has 0 bridgehead atoms. The van der Waals surface area contributed by atoms with Crippen LogP contribution in [0.2, 0.25) is 0 Å². The van der Waals surface area contributed by atoms with Crippen LogP contribution in [0.1, 0.15) is 23.6 Å². The number of rotatable bonds is 9. The largest absolute Gasteiger partial charge is 0.490 e. The number of nitrogens with zero attached hydrogens (tertiary/aromatic N) is 2. The molecule has 1 N–H and O–H groups in total. The molecule has 0 radical (unpaired) electrons. The van der Waals surface area contributed by atoms with Gasteiger partial charge in [-0.1, -0.05) is 18.2 Å². The van der Waals surface area contributed by atoms with Crippen molar-refractivity contribution in [1.29, 1.82) is 5.26 Å². The summed E-state index contributed by atoms with van der Waals surface area (Å²) < 4.78 is 25.4. The molecule has 198 valence electrons. The van der Waals surface area contributed by atoms with E-state index < -0.39 is 29.4 Å². The molecule has 3 aromatic carbocycles. The summed E-state index contributed by atoms with van der Waals surface area (Å²) in [5, 5.41) is 11.3. The zero-order chi connectivity index (χ0) is 27.9. The molecule has 0 atom stereocenters. The number of anilines is 1. The van der Waals surface area contributed by atoms with Gasteiger partial charge in [-0.2, -0.15) is 5.26 Å². The fraction of sp³-hybridized carbons (Fsp3) is 0.143. The van der Waals surface area contributed by atoms with E-state index in [1.165, 1.54) is 30.3 Å². The van der Waals surface area contributed by atoms with Crippen molar-refractivity contribution in [2.45, 2.75) is 13.5 Å². The van der Waals surface area contributed by atoms with Crippen molar-refractivity contribution in [2.24, 2.45) is 0 Å². The van der Waals surface area contributed by atoms with Gasteiger partial charge in [-0.25, -0.2) is 4.39 Å². The summed E-state index contributed by atoms with van der Waals surface area (Å²) in [6, 6.07) is 17.8. The quantitative estimate of drug-likeness (QED) is 0.291. The average molecular weight is 610 g/mol. The molecule has 0 saturated carbocycles. The highest BCUT2D eigenvalue weighted by Gasteiger charge is 2.36. The SMILES string of the molecule is CCOc1cc(/C=C2\SC(=O)N(CC(=O)Nc3ccc(F)cc3)C2=O)cc(Br)c1OCc1ccccc1C#N. The van der Waals surface area contributed by atoms with Crippen LogP contribution < -0.4 is 14.8 Å². The Morgan fingerprint density at radius 3 is 2.62 bits per heavy atom. The molecule has 3 amide bonds. The molecule has 0 aromatic heterocycles. The Morgan fingerprint density at radius 1 is 1.15 bits per heavy atom. The van der Waals surface area contributed by atoms with Gasteiger partial charge in [0.05, 0.1) is 27.6 Å². The van der Waals surface area contributed by atoms with E-state index in [0.29, 0.717) is 39.4 Å². The number of benzene rings is 3. The highest BCUT2D eigenvalue weighted by Crippen LogP contribution is 2.40. The summed E-state index contributed by atoms with van der Waals surface area (Å²) >= 11 is 4.21. The molecule has 4 rings (SSSR count). The fourth-order valence-corrected chi connectivity index (χ4v) is 5.06. The highest BCUT2D eigenvalue weighted by molar-refractivity contribution is 9.10. The van der Waals surface area contributed by atoms with Gasteiger partial charge < -0.3 is 14.8 Å². The van der Waals surface area contributed by atoms with Crippen molar-refractivity contribution in [3.63, 3.8) is 0 Å². The van der Waals surface area contributed by atoms with Crippen LogP contribution in [-0.2, 0) is 16.2 Å². The third-order valence-electron chi connectivity index (χ3n) is 5.44. The van der Waals surface area contributed by atoms with Crippen LogP contribution in [0.15, 0.2) is 70.0 Å². The van der Waals surface area contributed by atoms with Crippen LogP contribution in [-0.4, -0.2) is 35.1 Å².